The zero-order valence-corrected chi connectivity index (χ0v) is 21.1. The molecule has 0 amide bonds. The molecule has 1 fully saturated rings. The van der Waals surface area contributed by atoms with Crippen molar-refractivity contribution in [3.8, 4) is 0 Å². The fourth-order valence-corrected chi connectivity index (χ4v) is 5.14. The second-order valence-electron chi connectivity index (χ2n) is 8.88. The highest BCUT2D eigenvalue weighted by Gasteiger charge is 2.45. The number of Topliss-reactive ketones (excluding diaryl/α,β-unsaturated/α-hetero) is 1. The molecule has 33 heavy (non-hydrogen) atoms. The molecule has 2 unspecified atom stereocenters. The highest BCUT2D eigenvalue weighted by Crippen LogP contribution is 2.37. The van der Waals surface area contributed by atoms with Crippen LogP contribution >= 0.6 is 11.3 Å². The third kappa shape index (κ3) is 6.33. The van der Waals surface area contributed by atoms with Crippen LogP contribution in [0.25, 0.3) is 0 Å². The van der Waals surface area contributed by atoms with Crippen LogP contribution < -0.4 is 9.62 Å². The number of thiazole rings is 1. The number of ether oxygens (including phenoxy) is 2. The summed E-state index contributed by atoms with van der Waals surface area (Å²) in [7, 11) is 1.25. The van der Waals surface area contributed by atoms with E-state index in [1.807, 2.05) is 50.4 Å². The van der Waals surface area contributed by atoms with Crippen molar-refractivity contribution in [2.24, 2.45) is 0 Å². The molecule has 10 heteroatoms. The first-order chi connectivity index (χ1) is 15.7. The first-order valence-corrected chi connectivity index (χ1v) is 12.8. The lowest BCUT2D eigenvalue weighted by Gasteiger charge is -2.37. The van der Waals surface area contributed by atoms with Crippen LogP contribution in [0.4, 0.5) is 5.69 Å². The van der Waals surface area contributed by atoms with E-state index in [0.717, 1.165) is 24.3 Å². The van der Waals surface area contributed by atoms with E-state index in [9.17, 15) is 14.1 Å². The van der Waals surface area contributed by atoms with E-state index in [1.54, 1.807) is 5.51 Å². The summed E-state index contributed by atoms with van der Waals surface area (Å²) >= 11 is -0.121. The normalized spacial score (nSPS) is 17.3. The van der Waals surface area contributed by atoms with Crippen molar-refractivity contribution in [2.45, 2.75) is 43.9 Å². The van der Waals surface area contributed by atoms with Crippen molar-refractivity contribution in [1.29, 1.82) is 0 Å². The number of aromatic nitrogens is 1. The summed E-state index contributed by atoms with van der Waals surface area (Å²) in [5.74, 6) is -0.933. The number of esters is 1. The number of methoxy groups -OCH3 is 1. The lowest BCUT2D eigenvalue weighted by Crippen LogP contribution is -2.53. The summed E-state index contributed by atoms with van der Waals surface area (Å²) < 4.78 is 26.0. The number of carbonyl (C=O) groups is 2. The second kappa shape index (κ2) is 11.0. The van der Waals surface area contributed by atoms with Crippen LogP contribution in [0.1, 0.15) is 44.9 Å². The number of nitrogens with one attached hydrogen (secondary N) is 1. The molecule has 1 N–H and O–H groups in total. The summed E-state index contributed by atoms with van der Waals surface area (Å²) in [5.41, 5.74) is 2.90. The van der Waals surface area contributed by atoms with E-state index < -0.39 is 27.6 Å². The molecule has 1 aliphatic heterocycles. The minimum absolute atomic E-state index is 0.0927. The lowest BCUT2D eigenvalue weighted by molar-refractivity contribution is -0.143. The van der Waals surface area contributed by atoms with Gasteiger partial charge in [-0.2, -0.15) is 0 Å². The van der Waals surface area contributed by atoms with Crippen molar-refractivity contribution in [3.05, 3.63) is 46.4 Å². The predicted octanol–water partition coefficient (Wildman–Crippen LogP) is 2.80. The molecule has 180 valence electrons. The zero-order chi connectivity index (χ0) is 24.1. The van der Waals surface area contributed by atoms with Crippen LogP contribution in [-0.4, -0.2) is 59.4 Å². The maximum absolute atomic E-state index is 13.3. The number of anilines is 1. The summed E-state index contributed by atoms with van der Waals surface area (Å²) in [5, 5.41) is 1.84. The minimum Gasteiger partial charge on any atom is -0.598 e. The molecule has 2 atom stereocenters. The number of nitrogens with zero attached hydrogens (tertiary/aromatic N) is 2. The van der Waals surface area contributed by atoms with E-state index >= 15 is 0 Å². The summed E-state index contributed by atoms with van der Waals surface area (Å²) in [6.45, 7) is 8.55. The Bertz CT molecular complexity index is 925. The van der Waals surface area contributed by atoms with Crippen LogP contribution in [0, 0.1) is 0 Å². The van der Waals surface area contributed by atoms with Gasteiger partial charge in [0.15, 0.2) is 0 Å². The van der Waals surface area contributed by atoms with Crippen molar-refractivity contribution in [2.75, 3.05) is 38.3 Å². The monoisotopic (exact) mass is 493 g/mol. The molecule has 1 saturated heterocycles. The molecule has 0 radical (unpaired) electrons. The number of morpholine rings is 1. The smallest absolute Gasteiger partial charge is 0.313 e. The first kappa shape index (κ1) is 25.6. The van der Waals surface area contributed by atoms with E-state index in [0.29, 0.717) is 18.9 Å². The van der Waals surface area contributed by atoms with Gasteiger partial charge in [-0.25, -0.2) is 4.98 Å². The summed E-state index contributed by atoms with van der Waals surface area (Å²) in [4.78, 5) is 31.5. The molecule has 0 spiro atoms. The average molecular weight is 494 g/mol. The maximum atomic E-state index is 13.3. The van der Waals surface area contributed by atoms with Crippen LogP contribution in [0.5, 0.6) is 0 Å². The topological polar surface area (TPSA) is 104 Å². The van der Waals surface area contributed by atoms with Crippen LogP contribution in [-0.2, 0) is 36.0 Å². The van der Waals surface area contributed by atoms with Crippen molar-refractivity contribution in [3.63, 3.8) is 0 Å². The molecule has 3 rings (SSSR count). The fraction of sp³-hybridized carbons (Fsp3) is 0.522. The van der Waals surface area contributed by atoms with Gasteiger partial charge in [-0.3, -0.25) is 9.59 Å². The Morgan fingerprint density at radius 2 is 1.91 bits per heavy atom. The molecule has 2 heterocycles. The number of benzene rings is 1. The standard InChI is InChI=1S/C23H31N3O5S2/c1-22(2,3)33(29)25-23(20-15-32-16-24-20,14-19(27)13-21(28)30-4)17-5-7-18(8-6-17)26-9-11-31-12-10-26/h5-8,15-16,25H,9-14H2,1-4H3. The van der Waals surface area contributed by atoms with Gasteiger partial charge in [0.2, 0.25) is 0 Å². The third-order valence-corrected chi connectivity index (χ3v) is 7.69. The van der Waals surface area contributed by atoms with Crippen molar-refractivity contribution >= 4 is 40.1 Å². The Balaban J connectivity index is 2.03. The van der Waals surface area contributed by atoms with E-state index in [4.69, 9.17) is 4.74 Å². The van der Waals surface area contributed by atoms with Gasteiger partial charge in [-0.15, -0.1) is 16.1 Å². The quantitative estimate of drug-likeness (QED) is 0.323. The van der Waals surface area contributed by atoms with Crippen LogP contribution in [0.2, 0.25) is 0 Å². The van der Waals surface area contributed by atoms with Crippen molar-refractivity contribution < 1.29 is 23.6 Å². The summed E-state index contributed by atoms with van der Waals surface area (Å²) in [6, 6.07) is 7.85. The second-order valence-corrected chi connectivity index (χ2v) is 11.6. The van der Waals surface area contributed by atoms with Gasteiger partial charge in [0.05, 0.1) is 31.5 Å². The van der Waals surface area contributed by atoms with Gasteiger partial charge in [0, 0.05) is 41.9 Å². The highest BCUT2D eigenvalue weighted by atomic mass is 32.2. The largest absolute Gasteiger partial charge is 0.598 e. The van der Waals surface area contributed by atoms with E-state index in [-0.39, 0.29) is 18.6 Å². The molecule has 1 aliphatic rings. The third-order valence-electron chi connectivity index (χ3n) is 5.46. The molecule has 1 aromatic heterocycles. The molecule has 0 aliphatic carbocycles. The zero-order valence-electron chi connectivity index (χ0n) is 19.5. The highest BCUT2D eigenvalue weighted by molar-refractivity contribution is 7.90. The number of rotatable bonds is 9. The van der Waals surface area contributed by atoms with Gasteiger partial charge < -0.3 is 18.9 Å². The number of hydrogen-bond donors (Lipinski definition) is 1. The SMILES string of the molecule is COC(=O)CC(=O)CC(N[S+]([O-])C(C)(C)C)(c1ccc(N2CCOCC2)cc1)c1cscn1. The molecule has 2 aromatic rings. The van der Waals surface area contributed by atoms with Gasteiger partial charge in [0.25, 0.3) is 0 Å². The predicted molar refractivity (Wildman–Crippen MR) is 130 cm³/mol. The lowest BCUT2D eigenvalue weighted by atomic mass is 9.82. The Labute approximate surface area is 202 Å². The van der Waals surface area contributed by atoms with E-state index in [1.165, 1.54) is 18.4 Å². The molecule has 8 nitrogen and oxygen atoms in total. The average Bonchev–Trinajstić information content (AvgIpc) is 3.34. The number of hydrogen-bond acceptors (Lipinski definition) is 9. The molecular weight excluding hydrogens is 462 g/mol. The molecular formula is C23H31N3O5S2. The number of ketones is 1. The van der Waals surface area contributed by atoms with Gasteiger partial charge in [0.1, 0.15) is 22.5 Å². The fourth-order valence-electron chi connectivity index (χ4n) is 3.59. The first-order valence-electron chi connectivity index (χ1n) is 10.8. The minimum atomic E-state index is -1.51. The van der Waals surface area contributed by atoms with Gasteiger partial charge >= 0.3 is 5.97 Å². The van der Waals surface area contributed by atoms with Crippen LogP contribution in [0.15, 0.2) is 35.2 Å². The Morgan fingerprint density at radius 3 is 2.45 bits per heavy atom. The molecule has 0 bridgehead atoms. The summed E-state index contributed by atoms with van der Waals surface area (Å²) in [6.07, 6.45) is -0.456. The Hall–Kier alpha value is -1.98. The Kier molecular flexibility index (Phi) is 8.52. The van der Waals surface area contributed by atoms with E-state index in [2.05, 4.69) is 19.3 Å². The molecule has 0 saturated carbocycles. The van der Waals surface area contributed by atoms with Gasteiger partial charge in [-0.05, 0) is 38.5 Å². The van der Waals surface area contributed by atoms with Gasteiger partial charge in [-0.1, -0.05) is 12.1 Å². The van der Waals surface area contributed by atoms with Crippen LogP contribution in [0.3, 0.4) is 0 Å². The maximum Gasteiger partial charge on any atom is 0.313 e. The Morgan fingerprint density at radius 1 is 1.24 bits per heavy atom. The molecule has 1 aromatic carbocycles. The number of carbonyl (C=O) groups excluding carboxylic acids is 2. The van der Waals surface area contributed by atoms with Crippen molar-refractivity contribution in [1.82, 2.24) is 9.71 Å².